The van der Waals surface area contributed by atoms with Crippen molar-refractivity contribution < 1.29 is 5.11 Å². The average molecular weight is 272 g/mol. The molecule has 96 valence electrons. The minimum Gasteiger partial charge on any atom is -0.379 e. The second kappa shape index (κ2) is 5.29. The number of imidazole rings is 1. The van der Waals surface area contributed by atoms with Crippen molar-refractivity contribution in [1.82, 2.24) is 19.9 Å². The van der Waals surface area contributed by atoms with E-state index in [2.05, 4.69) is 19.9 Å². The Morgan fingerprint density at radius 2 is 2.05 bits per heavy atom. The molecule has 0 bridgehead atoms. The van der Waals surface area contributed by atoms with E-state index in [4.69, 9.17) is 0 Å². The number of aliphatic hydroxyl groups excluding tert-OH is 1. The van der Waals surface area contributed by atoms with Gasteiger partial charge in [-0.3, -0.25) is 4.98 Å². The summed E-state index contributed by atoms with van der Waals surface area (Å²) in [6.07, 6.45) is 6.76. The first kappa shape index (κ1) is 12.0. The Hall–Kier alpha value is -2.05. The first-order valence-electron chi connectivity index (χ1n) is 5.83. The molecule has 0 radical (unpaired) electrons. The summed E-state index contributed by atoms with van der Waals surface area (Å²) in [6, 6.07) is 3.89. The van der Waals surface area contributed by atoms with Gasteiger partial charge in [0, 0.05) is 31.2 Å². The molecule has 3 rings (SSSR count). The molecule has 0 aromatic carbocycles. The molecule has 2 N–H and O–H groups in total. The van der Waals surface area contributed by atoms with Crippen LogP contribution in [0, 0.1) is 0 Å². The van der Waals surface area contributed by atoms with Gasteiger partial charge in [-0.2, -0.15) is 0 Å². The van der Waals surface area contributed by atoms with E-state index in [9.17, 15) is 5.11 Å². The molecular weight excluding hydrogens is 260 g/mol. The highest BCUT2D eigenvalue weighted by molar-refractivity contribution is 7.09. The standard InChI is InChI=1S/C13H12N4OS/c18-11(13-15-5-6-16-13)12-10(17-8-19-12)7-9-1-3-14-4-2-9/h1-6,8,11,18H,7H2,(H,15,16). The fourth-order valence-electron chi connectivity index (χ4n) is 1.88. The maximum Gasteiger partial charge on any atom is 0.147 e. The van der Waals surface area contributed by atoms with Gasteiger partial charge in [0.05, 0.1) is 16.1 Å². The van der Waals surface area contributed by atoms with Crippen LogP contribution >= 0.6 is 11.3 Å². The highest BCUT2D eigenvalue weighted by Gasteiger charge is 2.19. The lowest BCUT2D eigenvalue weighted by Crippen LogP contribution is -2.04. The average Bonchev–Trinajstić information content (AvgIpc) is 3.10. The van der Waals surface area contributed by atoms with Crippen LogP contribution in [0.1, 0.15) is 28.1 Å². The third-order valence-electron chi connectivity index (χ3n) is 2.82. The summed E-state index contributed by atoms with van der Waals surface area (Å²) in [5, 5.41) is 10.3. The molecule has 0 amide bonds. The molecule has 5 nitrogen and oxygen atoms in total. The number of aromatic nitrogens is 4. The van der Waals surface area contributed by atoms with Crippen LogP contribution in [0.2, 0.25) is 0 Å². The zero-order chi connectivity index (χ0) is 13.1. The van der Waals surface area contributed by atoms with Gasteiger partial charge in [-0.25, -0.2) is 9.97 Å². The SMILES string of the molecule is OC(c1ncc[nH]1)c1scnc1Cc1ccncc1. The molecule has 1 unspecified atom stereocenters. The van der Waals surface area contributed by atoms with Crippen LogP contribution in [0.4, 0.5) is 0 Å². The molecule has 0 saturated carbocycles. The maximum atomic E-state index is 10.3. The third-order valence-corrected chi connectivity index (χ3v) is 3.74. The monoisotopic (exact) mass is 272 g/mol. The molecule has 1 atom stereocenters. The molecule has 0 aliphatic rings. The molecule has 3 aromatic rings. The lowest BCUT2D eigenvalue weighted by Gasteiger charge is -2.08. The molecule has 0 fully saturated rings. The van der Waals surface area contributed by atoms with Gasteiger partial charge in [0.2, 0.25) is 0 Å². The molecule has 6 heteroatoms. The molecule has 3 heterocycles. The van der Waals surface area contributed by atoms with Gasteiger partial charge in [0.25, 0.3) is 0 Å². The van der Waals surface area contributed by atoms with Gasteiger partial charge >= 0.3 is 0 Å². The number of rotatable bonds is 4. The zero-order valence-electron chi connectivity index (χ0n) is 10.0. The van der Waals surface area contributed by atoms with Crippen molar-refractivity contribution in [3.8, 4) is 0 Å². The van der Waals surface area contributed by atoms with Gasteiger partial charge in [-0.1, -0.05) is 0 Å². The van der Waals surface area contributed by atoms with Crippen LogP contribution in [0.3, 0.4) is 0 Å². The summed E-state index contributed by atoms with van der Waals surface area (Å²) in [6.45, 7) is 0. The predicted octanol–water partition coefficient (Wildman–Crippen LogP) is 1.93. The summed E-state index contributed by atoms with van der Waals surface area (Å²) in [4.78, 5) is 16.2. The fraction of sp³-hybridized carbons (Fsp3) is 0.154. The van der Waals surface area contributed by atoms with E-state index >= 15 is 0 Å². The minimum atomic E-state index is -0.751. The van der Waals surface area contributed by atoms with E-state index in [0.29, 0.717) is 12.2 Å². The van der Waals surface area contributed by atoms with Gasteiger partial charge in [0.1, 0.15) is 11.9 Å². The van der Waals surface area contributed by atoms with Crippen LogP contribution in [-0.4, -0.2) is 25.0 Å². The Morgan fingerprint density at radius 3 is 2.79 bits per heavy atom. The van der Waals surface area contributed by atoms with Crippen molar-refractivity contribution in [1.29, 1.82) is 0 Å². The van der Waals surface area contributed by atoms with Gasteiger partial charge in [0.15, 0.2) is 0 Å². The Balaban J connectivity index is 1.87. The van der Waals surface area contributed by atoms with E-state index in [1.54, 1.807) is 30.3 Å². The third kappa shape index (κ3) is 2.54. The number of nitrogens with one attached hydrogen (secondary N) is 1. The van der Waals surface area contributed by atoms with Crippen LogP contribution in [0.5, 0.6) is 0 Å². The van der Waals surface area contributed by atoms with Crippen molar-refractivity contribution in [3.63, 3.8) is 0 Å². The highest BCUT2D eigenvalue weighted by Crippen LogP contribution is 2.27. The number of thiazole rings is 1. The zero-order valence-corrected chi connectivity index (χ0v) is 10.8. The smallest absolute Gasteiger partial charge is 0.147 e. The number of nitrogens with zero attached hydrogens (tertiary/aromatic N) is 3. The number of hydrogen-bond donors (Lipinski definition) is 2. The van der Waals surface area contributed by atoms with Gasteiger partial charge in [-0.05, 0) is 17.7 Å². The Bertz CT molecular complexity index is 636. The van der Waals surface area contributed by atoms with Crippen molar-refractivity contribution in [2.45, 2.75) is 12.5 Å². The second-order valence-electron chi connectivity index (χ2n) is 4.07. The van der Waals surface area contributed by atoms with Crippen molar-refractivity contribution >= 4 is 11.3 Å². The van der Waals surface area contributed by atoms with E-state index in [1.165, 1.54) is 11.3 Å². The number of H-pyrrole nitrogens is 1. The lowest BCUT2D eigenvalue weighted by atomic mass is 10.1. The predicted molar refractivity (Wildman–Crippen MR) is 71.8 cm³/mol. The quantitative estimate of drug-likeness (QED) is 0.761. The Kier molecular flexibility index (Phi) is 3.35. The van der Waals surface area contributed by atoms with E-state index in [1.807, 2.05) is 12.1 Å². The fourth-order valence-corrected chi connectivity index (χ4v) is 2.67. The Labute approximate surface area is 114 Å². The second-order valence-corrected chi connectivity index (χ2v) is 4.96. The number of aromatic amines is 1. The molecule has 0 aliphatic carbocycles. The van der Waals surface area contributed by atoms with E-state index in [0.717, 1.165) is 16.1 Å². The first-order valence-corrected chi connectivity index (χ1v) is 6.71. The topological polar surface area (TPSA) is 74.7 Å². The molecule has 3 aromatic heterocycles. The first-order chi connectivity index (χ1) is 9.34. The van der Waals surface area contributed by atoms with E-state index in [-0.39, 0.29) is 0 Å². The summed E-state index contributed by atoms with van der Waals surface area (Å²) < 4.78 is 0. The van der Waals surface area contributed by atoms with Crippen molar-refractivity contribution in [3.05, 3.63) is 64.4 Å². The number of aliphatic hydroxyl groups is 1. The van der Waals surface area contributed by atoms with Crippen LogP contribution in [0.25, 0.3) is 0 Å². The van der Waals surface area contributed by atoms with Gasteiger partial charge < -0.3 is 10.1 Å². The molecule has 19 heavy (non-hydrogen) atoms. The summed E-state index contributed by atoms with van der Waals surface area (Å²) >= 11 is 1.44. The lowest BCUT2D eigenvalue weighted by molar-refractivity contribution is 0.213. The maximum absolute atomic E-state index is 10.3. The number of pyridine rings is 1. The summed E-state index contributed by atoms with van der Waals surface area (Å²) in [7, 11) is 0. The normalized spacial score (nSPS) is 12.5. The van der Waals surface area contributed by atoms with Gasteiger partial charge in [-0.15, -0.1) is 11.3 Å². The van der Waals surface area contributed by atoms with Crippen LogP contribution in [0.15, 0.2) is 42.4 Å². The molecule has 0 saturated heterocycles. The number of hydrogen-bond acceptors (Lipinski definition) is 5. The largest absolute Gasteiger partial charge is 0.379 e. The van der Waals surface area contributed by atoms with Crippen molar-refractivity contribution in [2.75, 3.05) is 0 Å². The van der Waals surface area contributed by atoms with E-state index < -0.39 is 6.10 Å². The minimum absolute atomic E-state index is 0.542. The summed E-state index contributed by atoms with van der Waals surface area (Å²) in [5.74, 6) is 0.542. The summed E-state index contributed by atoms with van der Waals surface area (Å²) in [5.41, 5.74) is 3.74. The Morgan fingerprint density at radius 1 is 1.21 bits per heavy atom. The van der Waals surface area contributed by atoms with Crippen molar-refractivity contribution in [2.24, 2.45) is 0 Å². The van der Waals surface area contributed by atoms with Crippen LogP contribution in [-0.2, 0) is 6.42 Å². The molecule has 0 aliphatic heterocycles. The molecule has 0 spiro atoms. The molecular formula is C13H12N4OS. The van der Waals surface area contributed by atoms with Crippen LogP contribution < -0.4 is 0 Å². The highest BCUT2D eigenvalue weighted by atomic mass is 32.1.